The van der Waals surface area contributed by atoms with Gasteiger partial charge in [-0.05, 0) is 32.2 Å². The molecule has 0 radical (unpaired) electrons. The number of methoxy groups -OCH3 is 1. The number of nitrogens with two attached hydrogens (primary N) is 1. The Hall–Kier alpha value is -3.01. The van der Waals surface area contributed by atoms with E-state index >= 15 is 0 Å². The minimum atomic E-state index is -0.539. The summed E-state index contributed by atoms with van der Waals surface area (Å²) in [5.74, 6) is 0.362. The molecule has 3 aromatic rings. The van der Waals surface area contributed by atoms with E-state index in [9.17, 15) is 9.18 Å². The van der Waals surface area contributed by atoms with Gasteiger partial charge in [0, 0.05) is 49.2 Å². The second kappa shape index (κ2) is 10.1. The summed E-state index contributed by atoms with van der Waals surface area (Å²) in [6.45, 7) is 4.97. The molecule has 0 saturated carbocycles. The van der Waals surface area contributed by atoms with Crippen LogP contribution in [0.4, 0.5) is 15.9 Å². The number of rotatable bonds is 9. The maximum absolute atomic E-state index is 14.5. The number of anilines is 2. The van der Waals surface area contributed by atoms with Gasteiger partial charge in [0.25, 0.3) is 0 Å². The summed E-state index contributed by atoms with van der Waals surface area (Å²) in [5, 5.41) is 3.82. The van der Waals surface area contributed by atoms with Gasteiger partial charge in [0.1, 0.15) is 17.9 Å². The van der Waals surface area contributed by atoms with Gasteiger partial charge in [-0.15, -0.1) is 0 Å². The Balaban J connectivity index is 1.54. The molecular weight excluding hydrogens is 459 g/mol. The first-order valence-corrected chi connectivity index (χ1v) is 11.4. The van der Waals surface area contributed by atoms with Crippen molar-refractivity contribution in [2.45, 2.75) is 19.5 Å². The number of carbonyl (C=O) groups excluding carboxylic acids is 1. The first-order chi connectivity index (χ1) is 16.3. The first kappa shape index (κ1) is 24.1. The number of primary amides is 1. The number of nitrogens with zero attached hydrogens (tertiary/aromatic N) is 4. The lowest BCUT2D eigenvalue weighted by Crippen LogP contribution is -2.57. The van der Waals surface area contributed by atoms with Gasteiger partial charge in [-0.1, -0.05) is 17.7 Å². The third-order valence-corrected chi connectivity index (χ3v) is 6.49. The lowest BCUT2D eigenvalue weighted by Gasteiger charge is -2.42. The highest BCUT2D eigenvalue weighted by molar-refractivity contribution is 6.31. The lowest BCUT2D eigenvalue weighted by molar-refractivity contribution is -0.128. The smallest absolute Gasteiger partial charge is 0.223 e. The van der Waals surface area contributed by atoms with Crippen LogP contribution in [0.3, 0.4) is 0 Å². The van der Waals surface area contributed by atoms with Crippen LogP contribution in [-0.4, -0.2) is 65.5 Å². The summed E-state index contributed by atoms with van der Waals surface area (Å²) < 4.78 is 20.1. The molecular formula is C24H28ClFN6O2. The second-order valence-corrected chi connectivity index (χ2v) is 9.14. The first-order valence-electron chi connectivity index (χ1n) is 11.0. The van der Waals surface area contributed by atoms with Crippen molar-refractivity contribution in [3.05, 3.63) is 53.1 Å². The number of benzene rings is 2. The third kappa shape index (κ3) is 5.06. The number of likely N-dealkylation sites (tertiary alicyclic amines) is 1. The standard InChI is InChI=1S/C24H28ClFN6O2/c1-14(32-11-16(12-32)23(27)33)9-31(2)10-15-7-17-20(8-21(15)34-3)28-13-29-24(17)30-19-6-4-5-18(25)22(19)26/h4-8,13-14,16H,9-12H2,1-3H3,(H2,27,33)(H,28,29,30). The molecule has 1 amide bonds. The molecule has 2 heterocycles. The molecule has 4 rings (SSSR count). The Morgan fingerprint density at radius 3 is 2.85 bits per heavy atom. The largest absolute Gasteiger partial charge is 0.496 e. The van der Waals surface area contributed by atoms with E-state index in [1.807, 2.05) is 19.2 Å². The van der Waals surface area contributed by atoms with E-state index in [0.29, 0.717) is 36.7 Å². The maximum atomic E-state index is 14.5. The van der Waals surface area contributed by atoms with Gasteiger partial charge in [-0.2, -0.15) is 0 Å². The molecule has 180 valence electrons. The molecule has 1 aliphatic heterocycles. The van der Waals surface area contributed by atoms with Crippen LogP contribution < -0.4 is 15.8 Å². The topological polar surface area (TPSA) is 96.6 Å². The van der Waals surface area contributed by atoms with Crippen LogP contribution >= 0.6 is 11.6 Å². The molecule has 0 aliphatic carbocycles. The van der Waals surface area contributed by atoms with Crippen molar-refractivity contribution in [1.29, 1.82) is 0 Å². The van der Waals surface area contributed by atoms with E-state index < -0.39 is 5.82 Å². The molecule has 1 unspecified atom stereocenters. The number of nitrogens with one attached hydrogen (secondary N) is 1. The molecule has 1 fully saturated rings. The summed E-state index contributed by atoms with van der Waals surface area (Å²) in [7, 11) is 3.66. The Bertz CT molecular complexity index is 1200. The summed E-state index contributed by atoms with van der Waals surface area (Å²) in [5.41, 5.74) is 7.25. The van der Waals surface area contributed by atoms with Crippen molar-refractivity contribution in [1.82, 2.24) is 19.8 Å². The number of likely N-dealkylation sites (N-methyl/N-ethyl adjacent to an activating group) is 1. The molecule has 2 aromatic carbocycles. The zero-order valence-corrected chi connectivity index (χ0v) is 20.1. The number of amides is 1. The fourth-order valence-corrected chi connectivity index (χ4v) is 4.42. The Morgan fingerprint density at radius 1 is 1.38 bits per heavy atom. The molecule has 1 saturated heterocycles. The molecule has 8 nitrogen and oxygen atoms in total. The fraction of sp³-hybridized carbons (Fsp3) is 0.375. The van der Waals surface area contributed by atoms with E-state index in [1.54, 1.807) is 19.2 Å². The van der Waals surface area contributed by atoms with Gasteiger partial charge >= 0.3 is 0 Å². The van der Waals surface area contributed by atoms with E-state index in [0.717, 1.165) is 17.5 Å². The fourth-order valence-electron chi connectivity index (χ4n) is 4.24. The molecule has 0 bridgehead atoms. The minimum absolute atomic E-state index is 0.0332. The van der Waals surface area contributed by atoms with Gasteiger partial charge in [0.05, 0.1) is 29.3 Å². The zero-order valence-electron chi connectivity index (χ0n) is 19.4. The molecule has 1 aliphatic rings. The Labute approximate surface area is 202 Å². The lowest BCUT2D eigenvalue weighted by atomic mass is 9.97. The number of ether oxygens (including phenoxy) is 1. The van der Waals surface area contributed by atoms with Crippen molar-refractivity contribution in [3.63, 3.8) is 0 Å². The molecule has 0 spiro atoms. The quantitative estimate of drug-likeness (QED) is 0.478. The molecule has 10 heteroatoms. The van der Waals surface area contributed by atoms with E-state index in [-0.39, 0.29) is 28.6 Å². The van der Waals surface area contributed by atoms with Crippen LogP contribution in [0.15, 0.2) is 36.7 Å². The minimum Gasteiger partial charge on any atom is -0.496 e. The van der Waals surface area contributed by atoms with Crippen molar-refractivity contribution < 1.29 is 13.9 Å². The van der Waals surface area contributed by atoms with Crippen molar-refractivity contribution in [2.24, 2.45) is 11.7 Å². The second-order valence-electron chi connectivity index (χ2n) is 8.73. The number of fused-ring (bicyclic) bond motifs is 1. The summed E-state index contributed by atoms with van der Waals surface area (Å²) in [6.07, 6.45) is 1.42. The van der Waals surface area contributed by atoms with Gasteiger partial charge in [0.2, 0.25) is 5.91 Å². The van der Waals surface area contributed by atoms with E-state index in [1.165, 1.54) is 12.4 Å². The predicted octanol–water partition coefficient (Wildman–Crippen LogP) is 3.41. The van der Waals surface area contributed by atoms with Crippen LogP contribution in [0.2, 0.25) is 5.02 Å². The molecule has 1 aromatic heterocycles. The number of carbonyl (C=O) groups is 1. The Kier molecular flexibility index (Phi) is 7.16. The highest BCUT2D eigenvalue weighted by Crippen LogP contribution is 2.32. The van der Waals surface area contributed by atoms with Gasteiger partial charge < -0.3 is 20.7 Å². The number of aromatic nitrogens is 2. The number of hydrogen-bond donors (Lipinski definition) is 2. The van der Waals surface area contributed by atoms with Gasteiger partial charge in [-0.3, -0.25) is 9.69 Å². The zero-order chi connectivity index (χ0) is 24.4. The van der Waals surface area contributed by atoms with Gasteiger partial charge in [-0.25, -0.2) is 14.4 Å². The van der Waals surface area contributed by atoms with Crippen LogP contribution in [-0.2, 0) is 11.3 Å². The van der Waals surface area contributed by atoms with Crippen LogP contribution in [0.1, 0.15) is 12.5 Å². The Morgan fingerprint density at radius 2 is 2.15 bits per heavy atom. The van der Waals surface area contributed by atoms with Crippen molar-refractivity contribution >= 4 is 39.9 Å². The van der Waals surface area contributed by atoms with Gasteiger partial charge in [0.15, 0.2) is 5.82 Å². The van der Waals surface area contributed by atoms with Crippen molar-refractivity contribution in [3.8, 4) is 5.75 Å². The van der Waals surface area contributed by atoms with E-state index in [2.05, 4.69) is 32.0 Å². The SMILES string of the molecule is COc1cc2ncnc(Nc3cccc(Cl)c3F)c2cc1CN(C)CC(C)N1CC(C(N)=O)C1. The molecule has 3 N–H and O–H groups in total. The third-order valence-electron chi connectivity index (χ3n) is 6.19. The molecule has 1 atom stereocenters. The monoisotopic (exact) mass is 486 g/mol. The summed E-state index contributed by atoms with van der Waals surface area (Å²) in [6, 6.07) is 8.87. The normalized spacial score (nSPS) is 15.4. The van der Waals surface area contributed by atoms with E-state index in [4.69, 9.17) is 22.1 Å². The highest BCUT2D eigenvalue weighted by atomic mass is 35.5. The summed E-state index contributed by atoms with van der Waals surface area (Å²) >= 11 is 5.93. The predicted molar refractivity (Wildman–Crippen MR) is 131 cm³/mol. The average Bonchev–Trinajstić information content (AvgIpc) is 2.75. The van der Waals surface area contributed by atoms with Crippen LogP contribution in [0.25, 0.3) is 10.9 Å². The maximum Gasteiger partial charge on any atom is 0.223 e. The molecule has 34 heavy (non-hydrogen) atoms. The highest BCUT2D eigenvalue weighted by Gasteiger charge is 2.34. The van der Waals surface area contributed by atoms with Crippen LogP contribution in [0, 0.1) is 11.7 Å². The number of hydrogen-bond acceptors (Lipinski definition) is 7. The van der Waals surface area contributed by atoms with Crippen LogP contribution in [0.5, 0.6) is 5.75 Å². The summed E-state index contributed by atoms with van der Waals surface area (Å²) in [4.78, 5) is 24.4. The number of halogens is 2. The van der Waals surface area contributed by atoms with Crippen molar-refractivity contribution in [2.75, 3.05) is 39.1 Å². The average molecular weight is 487 g/mol.